The van der Waals surface area contributed by atoms with Crippen LogP contribution in [0.25, 0.3) is 0 Å². The van der Waals surface area contributed by atoms with Gasteiger partial charge in [-0.15, -0.1) is 0 Å². The zero-order valence-electron chi connectivity index (χ0n) is 20.1. The van der Waals surface area contributed by atoms with Gasteiger partial charge in [0.25, 0.3) is 11.8 Å². The molecule has 3 atom stereocenters. The largest absolute Gasteiger partial charge is 0.481 e. The second kappa shape index (κ2) is 11.4. The number of carboxylic acids is 2. The Morgan fingerprint density at radius 3 is 2.19 bits per heavy atom. The molecule has 13 heteroatoms. The minimum Gasteiger partial charge on any atom is -0.481 e. The van der Waals surface area contributed by atoms with E-state index in [9.17, 15) is 39.0 Å². The number of nitrogen functional groups attached to an aromatic ring is 1. The predicted molar refractivity (Wildman–Crippen MR) is 124 cm³/mol. The van der Waals surface area contributed by atoms with Gasteiger partial charge in [0.05, 0.1) is 12.3 Å². The Hall–Kier alpha value is -4.29. The number of amidine groups is 1. The van der Waals surface area contributed by atoms with E-state index in [-0.39, 0.29) is 18.7 Å². The third-order valence-corrected chi connectivity index (χ3v) is 5.61. The van der Waals surface area contributed by atoms with Gasteiger partial charge in [0.2, 0.25) is 11.8 Å². The summed E-state index contributed by atoms with van der Waals surface area (Å²) >= 11 is 0. The van der Waals surface area contributed by atoms with E-state index in [0.29, 0.717) is 21.1 Å². The lowest BCUT2D eigenvalue weighted by atomic mass is 9.97. The number of hydrogen-bond donors (Lipinski definition) is 5. The van der Waals surface area contributed by atoms with Crippen molar-refractivity contribution in [3.8, 4) is 0 Å². The number of carboxylic acid groups (broad SMARTS) is 2. The summed E-state index contributed by atoms with van der Waals surface area (Å²) in [6, 6.07) is 3.02. The number of hydrazine groups is 1. The molecule has 1 aliphatic heterocycles. The zero-order chi connectivity index (χ0) is 27.3. The van der Waals surface area contributed by atoms with Crippen molar-refractivity contribution in [2.45, 2.75) is 52.1 Å². The van der Waals surface area contributed by atoms with Crippen LogP contribution in [0.3, 0.4) is 0 Å². The Bertz CT molecular complexity index is 1070. The number of carbonyl (C=O) groups excluding carboxylic acids is 4. The number of imide groups is 1. The van der Waals surface area contributed by atoms with Crippen LogP contribution in [0.15, 0.2) is 24.3 Å². The first kappa shape index (κ1) is 28.0. The van der Waals surface area contributed by atoms with Gasteiger partial charge < -0.3 is 21.3 Å². The molecule has 1 heterocycles. The van der Waals surface area contributed by atoms with Crippen LogP contribution in [0, 0.1) is 17.2 Å². The van der Waals surface area contributed by atoms with Crippen molar-refractivity contribution in [1.29, 1.82) is 5.41 Å². The van der Waals surface area contributed by atoms with Crippen LogP contribution in [0.4, 0.5) is 0 Å². The quantitative estimate of drug-likeness (QED) is 0.152. The van der Waals surface area contributed by atoms with E-state index in [1.807, 2.05) is 0 Å². The lowest BCUT2D eigenvalue weighted by Crippen LogP contribution is -2.63. The molecule has 0 aromatic heterocycles. The molecule has 0 aliphatic carbocycles. The Morgan fingerprint density at radius 2 is 1.75 bits per heavy atom. The average molecular weight is 504 g/mol. The van der Waals surface area contributed by atoms with Crippen molar-refractivity contribution in [2.24, 2.45) is 17.6 Å². The second-order valence-corrected chi connectivity index (χ2v) is 8.82. The van der Waals surface area contributed by atoms with Gasteiger partial charge in [0.15, 0.2) is 6.04 Å². The minimum atomic E-state index is -1.71. The van der Waals surface area contributed by atoms with Crippen molar-refractivity contribution in [3.63, 3.8) is 0 Å². The highest BCUT2D eigenvalue weighted by Gasteiger charge is 2.49. The number of rotatable bonds is 11. The summed E-state index contributed by atoms with van der Waals surface area (Å²) in [6.07, 6.45) is -1.11. The fourth-order valence-electron chi connectivity index (χ4n) is 3.98. The summed E-state index contributed by atoms with van der Waals surface area (Å²) in [4.78, 5) is 74.7. The molecule has 1 aliphatic rings. The molecule has 0 spiro atoms. The summed E-state index contributed by atoms with van der Waals surface area (Å²) in [7, 11) is 0. The van der Waals surface area contributed by atoms with Gasteiger partial charge in [0, 0.05) is 18.9 Å². The molecule has 36 heavy (non-hydrogen) atoms. The standard InChI is InChI=1S/C23H29N5O8/c1-11(2)19(23(35)36)28(22(34)16(10-18(31)32)26-12(3)29)27-17(30)9-15(21(27)33)8-13-4-6-14(7-5-13)20(24)25/h4-7,11,15-16,19H,8-10H2,1-3H3,(H3,24,25)(H,26,29)(H,31,32)(H,35,36)/t15?,16-,19-/m0/s1. The molecule has 194 valence electrons. The number of nitrogens with two attached hydrogens (primary N) is 1. The Labute approximate surface area is 206 Å². The van der Waals surface area contributed by atoms with Gasteiger partial charge in [-0.3, -0.25) is 29.4 Å². The molecule has 13 nitrogen and oxygen atoms in total. The van der Waals surface area contributed by atoms with E-state index < -0.39 is 65.9 Å². The predicted octanol–water partition coefficient (Wildman–Crippen LogP) is -0.280. The first-order chi connectivity index (χ1) is 16.7. The highest BCUT2D eigenvalue weighted by atomic mass is 16.4. The van der Waals surface area contributed by atoms with Crippen molar-refractivity contribution < 1.29 is 39.0 Å². The summed E-state index contributed by atoms with van der Waals surface area (Å²) in [5, 5.41) is 29.6. The zero-order valence-corrected chi connectivity index (χ0v) is 20.1. The van der Waals surface area contributed by atoms with E-state index in [1.54, 1.807) is 24.3 Å². The topological polar surface area (TPSA) is 211 Å². The molecule has 1 fully saturated rings. The first-order valence-corrected chi connectivity index (χ1v) is 11.1. The Kier molecular flexibility index (Phi) is 8.87. The van der Waals surface area contributed by atoms with Gasteiger partial charge in [0.1, 0.15) is 11.9 Å². The minimum absolute atomic E-state index is 0.0882. The monoisotopic (exact) mass is 503 g/mol. The molecule has 1 aromatic rings. The number of benzene rings is 1. The fraction of sp³-hybridized carbons (Fsp3) is 0.435. The van der Waals surface area contributed by atoms with Gasteiger partial charge in [-0.2, -0.15) is 5.01 Å². The lowest BCUT2D eigenvalue weighted by Gasteiger charge is -2.38. The molecule has 2 rings (SSSR count). The van der Waals surface area contributed by atoms with E-state index >= 15 is 0 Å². The summed E-state index contributed by atoms with van der Waals surface area (Å²) < 4.78 is 0. The molecule has 0 bridgehead atoms. The molecule has 0 saturated carbocycles. The highest BCUT2D eigenvalue weighted by Crippen LogP contribution is 2.29. The highest BCUT2D eigenvalue weighted by molar-refractivity contribution is 6.06. The lowest BCUT2D eigenvalue weighted by molar-refractivity contribution is -0.182. The van der Waals surface area contributed by atoms with Gasteiger partial charge in [-0.1, -0.05) is 38.1 Å². The third kappa shape index (κ3) is 6.43. The van der Waals surface area contributed by atoms with Crippen LogP contribution in [0.5, 0.6) is 0 Å². The van der Waals surface area contributed by atoms with Crippen LogP contribution in [0.2, 0.25) is 0 Å². The molecule has 6 N–H and O–H groups in total. The Morgan fingerprint density at radius 1 is 1.17 bits per heavy atom. The van der Waals surface area contributed by atoms with Crippen LogP contribution >= 0.6 is 0 Å². The van der Waals surface area contributed by atoms with Crippen molar-refractivity contribution in [1.82, 2.24) is 15.3 Å². The fourth-order valence-corrected chi connectivity index (χ4v) is 3.98. The molecular weight excluding hydrogens is 474 g/mol. The van der Waals surface area contributed by atoms with E-state index in [2.05, 4.69) is 5.32 Å². The van der Waals surface area contributed by atoms with Crippen LogP contribution in [-0.4, -0.2) is 73.7 Å². The van der Waals surface area contributed by atoms with Crippen molar-refractivity contribution >= 4 is 41.4 Å². The summed E-state index contributed by atoms with van der Waals surface area (Å²) in [5.74, 6) is -8.43. The van der Waals surface area contributed by atoms with Gasteiger partial charge >= 0.3 is 11.9 Å². The molecular formula is C23H29N5O8. The Balaban J connectivity index is 2.45. The molecule has 0 radical (unpaired) electrons. The van der Waals surface area contributed by atoms with Crippen LogP contribution in [-0.2, 0) is 35.2 Å². The number of nitrogens with zero attached hydrogens (tertiary/aromatic N) is 2. The molecule has 1 saturated heterocycles. The number of aliphatic carboxylic acids is 2. The van der Waals surface area contributed by atoms with Crippen molar-refractivity contribution in [2.75, 3.05) is 0 Å². The van der Waals surface area contributed by atoms with E-state index in [4.69, 9.17) is 11.1 Å². The molecule has 1 aromatic carbocycles. The number of amides is 4. The maximum Gasteiger partial charge on any atom is 0.328 e. The normalized spacial score (nSPS) is 17.0. The number of carbonyl (C=O) groups is 6. The molecule has 1 unspecified atom stereocenters. The average Bonchev–Trinajstić information content (AvgIpc) is 3.02. The summed E-state index contributed by atoms with van der Waals surface area (Å²) in [5.41, 5.74) is 6.55. The van der Waals surface area contributed by atoms with Gasteiger partial charge in [-0.25, -0.2) is 9.80 Å². The van der Waals surface area contributed by atoms with Crippen molar-refractivity contribution in [3.05, 3.63) is 35.4 Å². The van der Waals surface area contributed by atoms with E-state index in [0.717, 1.165) is 6.92 Å². The van der Waals surface area contributed by atoms with E-state index in [1.165, 1.54) is 13.8 Å². The molecule has 4 amide bonds. The maximum atomic E-state index is 13.4. The first-order valence-electron chi connectivity index (χ1n) is 11.1. The van der Waals surface area contributed by atoms with Gasteiger partial charge in [-0.05, 0) is 17.9 Å². The summed E-state index contributed by atoms with van der Waals surface area (Å²) in [6.45, 7) is 3.97. The maximum absolute atomic E-state index is 13.4. The smallest absolute Gasteiger partial charge is 0.328 e. The third-order valence-electron chi connectivity index (χ3n) is 5.61. The van der Waals surface area contributed by atoms with Crippen LogP contribution in [0.1, 0.15) is 44.7 Å². The SMILES string of the molecule is CC(=O)N[C@@H](CC(=O)O)C(=O)N([C@H](C(=O)O)C(C)C)N1C(=O)CC(Cc2ccc(C(=N)N)cc2)C1=O. The number of nitrogens with one attached hydrogen (secondary N) is 2. The van der Waals surface area contributed by atoms with Crippen LogP contribution < -0.4 is 11.1 Å². The second-order valence-electron chi connectivity index (χ2n) is 8.82. The number of hydrogen-bond acceptors (Lipinski definition) is 7.